The summed E-state index contributed by atoms with van der Waals surface area (Å²) in [7, 11) is -1.90. The number of hydrogen-bond acceptors (Lipinski definition) is 5. The SMILES string of the molecule is Cc1cc(N(C)C(N)=O)cc(C)c1CCS(=O)(=O)N1CCC2(CC1)N=C(CCCCCCCCCc1ccccc1)NC2=O. The summed E-state index contributed by atoms with van der Waals surface area (Å²) in [5.74, 6) is 0.654. The number of aryl methyl sites for hydroxylation is 3. The minimum Gasteiger partial charge on any atom is -0.351 e. The number of nitrogens with one attached hydrogen (secondary N) is 1. The maximum atomic E-state index is 13.3. The molecule has 2 heterocycles. The van der Waals surface area contributed by atoms with Gasteiger partial charge in [0, 0.05) is 32.2 Å². The van der Waals surface area contributed by atoms with Crippen molar-refractivity contribution in [2.75, 3.05) is 30.8 Å². The Labute approximate surface area is 263 Å². The molecule has 44 heavy (non-hydrogen) atoms. The fourth-order valence-corrected chi connectivity index (χ4v) is 7.83. The number of rotatable bonds is 15. The van der Waals surface area contributed by atoms with Crippen molar-refractivity contribution in [2.45, 2.75) is 96.4 Å². The maximum absolute atomic E-state index is 13.3. The number of carbonyl (C=O) groups excluding carboxylic acids is 2. The number of amides is 3. The van der Waals surface area contributed by atoms with E-state index in [4.69, 9.17) is 10.7 Å². The molecule has 9 nitrogen and oxygen atoms in total. The molecule has 0 saturated carbocycles. The number of hydrogen-bond donors (Lipinski definition) is 2. The van der Waals surface area contributed by atoms with Gasteiger partial charge in [0.15, 0.2) is 0 Å². The molecule has 0 bridgehead atoms. The third-order valence-corrected chi connectivity index (χ3v) is 11.1. The number of nitrogens with zero attached hydrogens (tertiary/aromatic N) is 3. The molecular weight excluding hydrogens is 574 g/mol. The molecule has 2 aliphatic rings. The Kier molecular flexibility index (Phi) is 11.6. The largest absolute Gasteiger partial charge is 0.351 e. The molecule has 3 amide bonds. The van der Waals surface area contributed by atoms with E-state index in [0.717, 1.165) is 48.2 Å². The highest BCUT2D eigenvalue weighted by Gasteiger charge is 2.47. The number of unbranched alkanes of at least 4 members (excludes halogenated alkanes) is 6. The van der Waals surface area contributed by atoms with Gasteiger partial charge in [-0.1, -0.05) is 62.4 Å². The molecule has 0 atom stereocenters. The summed E-state index contributed by atoms with van der Waals surface area (Å²) in [5, 5.41) is 2.99. The summed E-state index contributed by atoms with van der Waals surface area (Å²) in [6, 6.07) is 13.8. The summed E-state index contributed by atoms with van der Waals surface area (Å²) in [6.45, 7) is 4.41. The fourth-order valence-electron chi connectivity index (χ4n) is 6.37. The van der Waals surface area contributed by atoms with E-state index in [1.807, 2.05) is 26.0 Å². The van der Waals surface area contributed by atoms with Crippen LogP contribution in [0.15, 0.2) is 47.5 Å². The molecule has 0 unspecified atom stereocenters. The number of urea groups is 1. The highest BCUT2D eigenvalue weighted by molar-refractivity contribution is 7.89. The zero-order valence-electron chi connectivity index (χ0n) is 26.6. The van der Waals surface area contributed by atoms with Crippen LogP contribution in [-0.2, 0) is 27.7 Å². The number of sulfonamides is 1. The number of benzene rings is 2. The molecule has 0 radical (unpaired) electrons. The first-order valence-corrected chi connectivity index (χ1v) is 17.7. The van der Waals surface area contributed by atoms with Crippen LogP contribution < -0.4 is 16.0 Å². The third kappa shape index (κ3) is 8.69. The molecular formula is C34H49N5O4S. The molecule has 1 saturated heterocycles. The van der Waals surface area contributed by atoms with Gasteiger partial charge in [-0.3, -0.25) is 14.7 Å². The van der Waals surface area contributed by atoms with Crippen LogP contribution in [0.4, 0.5) is 10.5 Å². The summed E-state index contributed by atoms with van der Waals surface area (Å²) in [5.41, 5.74) is 9.45. The Hall–Kier alpha value is -3.24. The van der Waals surface area contributed by atoms with Crippen LogP contribution in [0.1, 0.15) is 86.5 Å². The van der Waals surface area contributed by atoms with Gasteiger partial charge in [-0.15, -0.1) is 0 Å². The van der Waals surface area contributed by atoms with Crippen LogP contribution in [0.5, 0.6) is 0 Å². The summed E-state index contributed by atoms with van der Waals surface area (Å²) < 4.78 is 28.0. The van der Waals surface area contributed by atoms with Gasteiger partial charge in [-0.2, -0.15) is 0 Å². The first-order valence-electron chi connectivity index (χ1n) is 16.1. The van der Waals surface area contributed by atoms with Gasteiger partial charge in [-0.05, 0) is 86.8 Å². The summed E-state index contributed by atoms with van der Waals surface area (Å²) in [6.07, 6.45) is 11.4. The first-order chi connectivity index (χ1) is 21.0. The van der Waals surface area contributed by atoms with Gasteiger partial charge in [0.25, 0.3) is 5.91 Å². The monoisotopic (exact) mass is 623 g/mol. The predicted molar refractivity (Wildman–Crippen MR) is 178 cm³/mol. The predicted octanol–water partition coefficient (Wildman–Crippen LogP) is 5.42. The van der Waals surface area contributed by atoms with E-state index in [2.05, 4.69) is 35.6 Å². The maximum Gasteiger partial charge on any atom is 0.318 e. The average molecular weight is 624 g/mol. The Bertz CT molecular complexity index is 1410. The number of carbonyl (C=O) groups is 2. The number of aliphatic imine (C=N–C) groups is 1. The van der Waals surface area contributed by atoms with Crippen molar-refractivity contribution in [3.8, 4) is 0 Å². The highest BCUT2D eigenvalue weighted by Crippen LogP contribution is 2.32. The van der Waals surface area contributed by atoms with Crippen molar-refractivity contribution in [2.24, 2.45) is 10.7 Å². The molecule has 0 aromatic heterocycles. The number of piperidine rings is 1. The second kappa shape index (κ2) is 15.2. The standard InChI is InChI=1S/C34H49N5O4S/c1-26-24-29(38(3)33(35)41)25-27(2)30(26)18-23-44(42,43)39-21-19-34(20-22-39)32(40)36-31(37-34)17-13-8-6-4-5-7-10-14-28-15-11-9-12-16-28/h9,11-12,15-16,24-25H,4-8,10,13-14,17-23H2,1-3H3,(H2,35,41)(H,36,37,40). The van der Waals surface area contributed by atoms with Crippen molar-refractivity contribution in [1.29, 1.82) is 0 Å². The zero-order chi connectivity index (χ0) is 31.7. The molecule has 1 spiro atoms. The van der Waals surface area contributed by atoms with Crippen LogP contribution in [0, 0.1) is 13.8 Å². The second-order valence-corrected chi connectivity index (χ2v) is 14.5. The van der Waals surface area contributed by atoms with E-state index in [-0.39, 0.29) is 24.7 Å². The van der Waals surface area contributed by atoms with E-state index >= 15 is 0 Å². The molecule has 240 valence electrons. The molecule has 2 aromatic rings. The Morgan fingerprint density at radius 2 is 1.50 bits per heavy atom. The fraction of sp³-hybridized carbons (Fsp3) is 0.559. The third-order valence-electron chi connectivity index (χ3n) is 9.20. The Morgan fingerprint density at radius 3 is 2.09 bits per heavy atom. The van der Waals surface area contributed by atoms with Crippen LogP contribution in [0.2, 0.25) is 0 Å². The molecule has 0 aliphatic carbocycles. The first kappa shape index (κ1) is 33.6. The normalized spacial score (nSPS) is 16.6. The van der Waals surface area contributed by atoms with Gasteiger partial charge < -0.3 is 11.1 Å². The lowest BCUT2D eigenvalue weighted by Crippen LogP contribution is -2.50. The second-order valence-electron chi connectivity index (χ2n) is 12.4. The Morgan fingerprint density at radius 1 is 0.932 bits per heavy atom. The van der Waals surface area contributed by atoms with Crippen molar-refractivity contribution in [3.05, 3.63) is 64.7 Å². The quantitative estimate of drug-likeness (QED) is 0.257. The smallest absolute Gasteiger partial charge is 0.318 e. The summed E-state index contributed by atoms with van der Waals surface area (Å²) in [4.78, 5) is 30.7. The Balaban J connectivity index is 1.18. The molecule has 1 fully saturated rings. The zero-order valence-corrected chi connectivity index (χ0v) is 27.4. The minimum absolute atomic E-state index is 0.0135. The minimum atomic E-state index is -3.51. The van der Waals surface area contributed by atoms with Gasteiger partial charge in [0.05, 0.1) is 5.75 Å². The van der Waals surface area contributed by atoms with Crippen LogP contribution in [0.3, 0.4) is 0 Å². The molecule has 10 heteroatoms. The topological polar surface area (TPSA) is 125 Å². The lowest BCUT2D eigenvalue weighted by atomic mass is 9.89. The van der Waals surface area contributed by atoms with E-state index in [0.29, 0.717) is 24.9 Å². The lowest BCUT2D eigenvalue weighted by Gasteiger charge is -2.34. The molecule has 4 rings (SSSR count). The highest BCUT2D eigenvalue weighted by atomic mass is 32.2. The van der Waals surface area contributed by atoms with Crippen molar-refractivity contribution < 1.29 is 18.0 Å². The number of amidine groups is 1. The van der Waals surface area contributed by atoms with E-state index in [1.54, 1.807) is 7.05 Å². The average Bonchev–Trinajstić information content (AvgIpc) is 3.29. The number of primary amides is 1. The van der Waals surface area contributed by atoms with Crippen LogP contribution >= 0.6 is 0 Å². The molecule has 2 aliphatic heterocycles. The van der Waals surface area contributed by atoms with Crippen molar-refractivity contribution in [3.63, 3.8) is 0 Å². The number of anilines is 1. The molecule has 2 aromatic carbocycles. The van der Waals surface area contributed by atoms with Gasteiger partial charge in [0.2, 0.25) is 10.0 Å². The lowest BCUT2D eigenvalue weighted by molar-refractivity contribution is -0.124. The molecule has 3 N–H and O–H groups in total. The van der Waals surface area contributed by atoms with Gasteiger partial charge in [-0.25, -0.2) is 17.5 Å². The van der Waals surface area contributed by atoms with E-state index in [1.165, 1.54) is 46.9 Å². The van der Waals surface area contributed by atoms with Gasteiger partial charge >= 0.3 is 6.03 Å². The van der Waals surface area contributed by atoms with Gasteiger partial charge in [0.1, 0.15) is 11.4 Å². The van der Waals surface area contributed by atoms with Crippen LogP contribution in [0.25, 0.3) is 0 Å². The van der Waals surface area contributed by atoms with E-state index < -0.39 is 21.6 Å². The van der Waals surface area contributed by atoms with E-state index in [9.17, 15) is 18.0 Å². The van der Waals surface area contributed by atoms with Crippen molar-refractivity contribution >= 4 is 33.5 Å². The van der Waals surface area contributed by atoms with Crippen molar-refractivity contribution in [1.82, 2.24) is 9.62 Å². The summed E-state index contributed by atoms with van der Waals surface area (Å²) >= 11 is 0. The number of nitrogens with two attached hydrogens (primary N) is 1. The van der Waals surface area contributed by atoms with Crippen LogP contribution in [-0.4, -0.2) is 61.9 Å².